The minimum atomic E-state index is -0.838. The molecule has 0 aliphatic heterocycles. The molecule has 406 valence electrons. The van der Waals surface area contributed by atoms with Gasteiger partial charge in [-0.25, -0.2) is 0 Å². The van der Waals surface area contributed by atoms with Crippen LogP contribution in [0.25, 0.3) is 0 Å². The monoisotopic (exact) mass is 1000 g/mol. The Morgan fingerprint density at radius 1 is 0.288 bits per heavy atom. The Hall–Kier alpha value is -5.23. The first-order valence-corrected chi connectivity index (χ1v) is 28.6. The minimum absolute atomic E-state index is 0.125. The zero-order valence-corrected chi connectivity index (χ0v) is 46.3. The van der Waals surface area contributed by atoms with E-state index in [1.54, 1.807) is 0 Å². The molecular weight excluding hydrogens is 901 g/mol. The second-order valence-corrected chi connectivity index (χ2v) is 18.1. The zero-order chi connectivity index (χ0) is 52.9. The van der Waals surface area contributed by atoms with Crippen LogP contribution < -0.4 is 0 Å². The fraction of sp³-hybridized carbons (Fsp3) is 0.537. The molecule has 0 aliphatic rings. The Kier molecular flexibility index (Phi) is 55.1. The average molecular weight is 1000 g/mol. The summed E-state index contributed by atoms with van der Waals surface area (Å²) in [5, 5.41) is 0. The Labute approximate surface area is 447 Å². The number of hydrogen-bond donors (Lipinski definition) is 0. The second-order valence-electron chi connectivity index (χ2n) is 18.1. The summed E-state index contributed by atoms with van der Waals surface area (Å²) in [7, 11) is 0. The Bertz CT molecular complexity index is 1720. The molecule has 0 amide bonds. The van der Waals surface area contributed by atoms with Crippen molar-refractivity contribution in [2.24, 2.45) is 0 Å². The summed E-state index contributed by atoms with van der Waals surface area (Å²) in [5.74, 6) is -1.06. The number of hydrogen-bond acceptors (Lipinski definition) is 6. The topological polar surface area (TPSA) is 78.9 Å². The number of unbranched alkanes of at least 4 members (excludes halogenated alkanes) is 10. The van der Waals surface area contributed by atoms with Crippen LogP contribution in [-0.4, -0.2) is 37.2 Å². The second kappa shape index (κ2) is 59.3. The van der Waals surface area contributed by atoms with Crippen molar-refractivity contribution in [3.05, 3.63) is 170 Å². The first-order chi connectivity index (χ1) is 36.0. The van der Waals surface area contributed by atoms with E-state index in [1.165, 1.54) is 38.5 Å². The highest BCUT2D eigenvalue weighted by Crippen LogP contribution is 2.12. The van der Waals surface area contributed by atoms with Crippen molar-refractivity contribution in [1.29, 1.82) is 0 Å². The first-order valence-electron chi connectivity index (χ1n) is 28.6. The summed E-state index contributed by atoms with van der Waals surface area (Å²) in [6, 6.07) is 0. The summed E-state index contributed by atoms with van der Waals surface area (Å²) in [5.41, 5.74) is 0. The van der Waals surface area contributed by atoms with Gasteiger partial charge in [0.15, 0.2) is 6.10 Å². The fourth-order valence-electron chi connectivity index (χ4n) is 7.01. The predicted octanol–water partition coefficient (Wildman–Crippen LogP) is 19.5. The third kappa shape index (κ3) is 57.5. The molecule has 0 rings (SSSR count). The first kappa shape index (κ1) is 67.8. The van der Waals surface area contributed by atoms with E-state index in [4.69, 9.17) is 14.2 Å². The maximum Gasteiger partial charge on any atom is 0.306 e. The number of carbonyl (C=O) groups is 3. The number of rotatable bonds is 49. The quantitative estimate of drug-likeness (QED) is 0.0261. The lowest BCUT2D eigenvalue weighted by molar-refractivity contribution is -0.167. The lowest BCUT2D eigenvalue weighted by Crippen LogP contribution is -2.30. The fourth-order valence-corrected chi connectivity index (χ4v) is 7.01. The molecule has 1 unspecified atom stereocenters. The minimum Gasteiger partial charge on any atom is -0.462 e. The molecule has 0 bridgehead atoms. The van der Waals surface area contributed by atoms with Gasteiger partial charge in [0.25, 0.3) is 0 Å². The van der Waals surface area contributed by atoms with E-state index in [0.717, 1.165) is 122 Å². The number of allylic oxidation sites excluding steroid dienone is 28. The molecule has 0 radical (unpaired) electrons. The van der Waals surface area contributed by atoms with E-state index < -0.39 is 6.10 Å². The largest absolute Gasteiger partial charge is 0.462 e. The van der Waals surface area contributed by atoms with Gasteiger partial charge in [0.2, 0.25) is 0 Å². The Morgan fingerprint density at radius 3 is 0.836 bits per heavy atom. The van der Waals surface area contributed by atoms with E-state index in [2.05, 4.69) is 191 Å². The smallest absolute Gasteiger partial charge is 0.306 e. The van der Waals surface area contributed by atoms with Crippen molar-refractivity contribution in [2.75, 3.05) is 13.2 Å². The van der Waals surface area contributed by atoms with Crippen LogP contribution in [0.15, 0.2) is 170 Å². The zero-order valence-electron chi connectivity index (χ0n) is 46.3. The molecule has 0 aromatic heterocycles. The standard InChI is InChI=1S/C67H102O6/c1-4-7-10-13-16-19-21-23-25-27-28-29-30-31-32-33-34-35-36-37-38-40-41-43-45-48-51-54-57-60-66(69)72-63-64(62-71-65(68)59-56-53-50-47-18-15-12-9-6-3)73-67(70)61-58-55-52-49-46-44-42-39-26-24-22-20-17-14-11-8-5-2/h7-8,10-11,16-17,19-20,23-26,28-29,31-32,34-35,37-38,41-44,48-49,51-52,64H,4-6,9,12-15,18,21-22,27,30,33,36,39-40,45-47,50,53-63H2,1-3H3/b10-7-,11-8-,19-16-,20-17-,25-23-,26-24-,29-28-,32-31-,35-34-,38-37-,43-41-,44-42-,51-48-,52-49-. The van der Waals surface area contributed by atoms with E-state index in [-0.39, 0.29) is 44.0 Å². The molecule has 0 aliphatic carbocycles. The van der Waals surface area contributed by atoms with Crippen molar-refractivity contribution in [1.82, 2.24) is 0 Å². The molecule has 0 aromatic carbocycles. The SMILES string of the molecule is CC/C=C\C/C=C\C/C=C\C/C=C\C/C=C\C/C=C\C/C=C\C/C=C\C/C=C\CCCC(=O)OCC(COC(=O)CCCCCCCCCCC)OC(=O)CCC/C=C\C/C=C\C/C=C\C/C=C\C/C=C\CC. The van der Waals surface area contributed by atoms with Gasteiger partial charge in [0, 0.05) is 19.3 Å². The van der Waals surface area contributed by atoms with Crippen molar-refractivity contribution in [2.45, 2.75) is 219 Å². The van der Waals surface area contributed by atoms with Crippen molar-refractivity contribution in [3.8, 4) is 0 Å². The molecular formula is C67H102O6. The molecule has 6 heteroatoms. The van der Waals surface area contributed by atoms with Gasteiger partial charge in [0.05, 0.1) is 0 Å². The molecule has 0 aromatic rings. The number of esters is 3. The van der Waals surface area contributed by atoms with Gasteiger partial charge in [-0.2, -0.15) is 0 Å². The lowest BCUT2D eigenvalue weighted by atomic mass is 10.1. The maximum absolute atomic E-state index is 12.8. The van der Waals surface area contributed by atoms with Crippen molar-refractivity contribution in [3.63, 3.8) is 0 Å². The van der Waals surface area contributed by atoms with Crippen LogP contribution in [0.5, 0.6) is 0 Å². The van der Waals surface area contributed by atoms with Crippen LogP contribution >= 0.6 is 0 Å². The van der Waals surface area contributed by atoms with Gasteiger partial charge >= 0.3 is 17.9 Å². The number of carbonyl (C=O) groups excluding carboxylic acids is 3. The highest BCUT2D eigenvalue weighted by molar-refractivity contribution is 5.71. The summed E-state index contributed by atoms with van der Waals surface area (Å²) >= 11 is 0. The van der Waals surface area contributed by atoms with E-state index in [1.807, 2.05) is 0 Å². The highest BCUT2D eigenvalue weighted by Gasteiger charge is 2.19. The molecule has 73 heavy (non-hydrogen) atoms. The third-order valence-electron chi connectivity index (χ3n) is 11.2. The molecule has 0 N–H and O–H groups in total. The van der Waals surface area contributed by atoms with Crippen LogP contribution in [-0.2, 0) is 28.6 Å². The summed E-state index contributed by atoms with van der Waals surface area (Å²) in [6.07, 6.45) is 88.0. The van der Waals surface area contributed by atoms with Gasteiger partial charge in [0.1, 0.15) is 13.2 Å². The molecule has 1 atom stereocenters. The average Bonchev–Trinajstić information content (AvgIpc) is 3.39. The van der Waals surface area contributed by atoms with E-state index in [9.17, 15) is 14.4 Å². The van der Waals surface area contributed by atoms with Gasteiger partial charge in [-0.05, 0) is 122 Å². The van der Waals surface area contributed by atoms with Crippen LogP contribution in [0, 0.1) is 0 Å². The molecule has 0 spiro atoms. The Morgan fingerprint density at radius 2 is 0.534 bits per heavy atom. The molecule has 0 saturated heterocycles. The third-order valence-corrected chi connectivity index (χ3v) is 11.2. The van der Waals surface area contributed by atoms with Crippen molar-refractivity contribution >= 4 is 17.9 Å². The molecule has 6 nitrogen and oxygen atoms in total. The van der Waals surface area contributed by atoms with E-state index in [0.29, 0.717) is 19.3 Å². The summed E-state index contributed by atoms with van der Waals surface area (Å²) in [4.78, 5) is 38.0. The molecule has 0 fully saturated rings. The van der Waals surface area contributed by atoms with Crippen LogP contribution in [0.3, 0.4) is 0 Å². The van der Waals surface area contributed by atoms with Gasteiger partial charge in [-0.15, -0.1) is 0 Å². The lowest BCUT2D eigenvalue weighted by Gasteiger charge is -2.18. The normalized spacial score (nSPS) is 13.4. The van der Waals surface area contributed by atoms with Crippen LogP contribution in [0.2, 0.25) is 0 Å². The van der Waals surface area contributed by atoms with E-state index >= 15 is 0 Å². The number of ether oxygens (including phenoxy) is 3. The van der Waals surface area contributed by atoms with Gasteiger partial charge in [-0.3, -0.25) is 14.4 Å². The summed E-state index contributed by atoms with van der Waals surface area (Å²) < 4.78 is 16.7. The molecule has 0 saturated carbocycles. The highest BCUT2D eigenvalue weighted by atomic mass is 16.6. The van der Waals surface area contributed by atoms with Gasteiger partial charge < -0.3 is 14.2 Å². The summed E-state index contributed by atoms with van der Waals surface area (Å²) in [6.45, 7) is 6.27. The Balaban J connectivity index is 4.46. The van der Waals surface area contributed by atoms with Crippen LogP contribution in [0.1, 0.15) is 213 Å². The van der Waals surface area contributed by atoms with Gasteiger partial charge in [-0.1, -0.05) is 242 Å². The van der Waals surface area contributed by atoms with Crippen molar-refractivity contribution < 1.29 is 28.6 Å². The van der Waals surface area contributed by atoms with Crippen LogP contribution in [0.4, 0.5) is 0 Å². The molecule has 0 heterocycles. The maximum atomic E-state index is 12.8. The predicted molar refractivity (Wildman–Crippen MR) is 315 cm³/mol.